The average molecular weight is 321 g/mol. The number of ether oxygens (including phenoxy) is 2. The number of hydrogen-bond donors (Lipinski definition) is 1. The van der Waals surface area contributed by atoms with Gasteiger partial charge in [-0.25, -0.2) is 15.6 Å². The number of nitrogens with two attached hydrogens (primary N) is 1. The van der Waals surface area contributed by atoms with Crippen LogP contribution in [0.1, 0.15) is 12.5 Å². The van der Waals surface area contributed by atoms with Gasteiger partial charge in [-0.2, -0.15) is 0 Å². The molecule has 0 aliphatic rings. The van der Waals surface area contributed by atoms with Gasteiger partial charge in [0.25, 0.3) is 0 Å². The Morgan fingerprint density at radius 3 is 2.64 bits per heavy atom. The summed E-state index contributed by atoms with van der Waals surface area (Å²) in [5.41, 5.74) is 1.44. The molecule has 116 valence electrons. The van der Waals surface area contributed by atoms with Crippen molar-refractivity contribution in [1.29, 1.82) is 0 Å². The summed E-state index contributed by atoms with van der Waals surface area (Å²) < 4.78 is 10.6. The first-order valence-corrected chi connectivity index (χ1v) is 7.14. The van der Waals surface area contributed by atoms with Crippen LogP contribution in [0.15, 0.2) is 42.5 Å². The molecule has 0 aliphatic carbocycles. The highest BCUT2D eigenvalue weighted by Crippen LogP contribution is 2.28. The van der Waals surface area contributed by atoms with Crippen molar-refractivity contribution in [2.75, 3.05) is 11.6 Å². The van der Waals surface area contributed by atoms with Gasteiger partial charge in [0.15, 0.2) is 0 Å². The number of carbonyl (C=O) groups excluding carboxylic acids is 1. The van der Waals surface area contributed by atoms with E-state index in [4.69, 9.17) is 26.9 Å². The van der Waals surface area contributed by atoms with Gasteiger partial charge >= 0.3 is 6.09 Å². The van der Waals surface area contributed by atoms with Gasteiger partial charge < -0.3 is 9.47 Å². The maximum absolute atomic E-state index is 11.6. The molecule has 0 saturated heterocycles. The number of benzene rings is 2. The van der Waals surface area contributed by atoms with E-state index in [1.165, 1.54) is 0 Å². The number of carbonyl (C=O) groups is 1. The molecule has 2 aromatic carbocycles. The molecule has 0 bridgehead atoms. The third kappa shape index (κ3) is 3.90. The molecular weight excluding hydrogens is 304 g/mol. The summed E-state index contributed by atoms with van der Waals surface area (Å²) >= 11 is 6.07. The van der Waals surface area contributed by atoms with Crippen molar-refractivity contribution in [2.45, 2.75) is 13.8 Å². The van der Waals surface area contributed by atoms with Crippen molar-refractivity contribution < 1.29 is 14.3 Å². The largest absolute Gasteiger partial charge is 0.457 e. The van der Waals surface area contributed by atoms with Gasteiger partial charge in [0, 0.05) is 11.1 Å². The average Bonchev–Trinajstić information content (AvgIpc) is 2.51. The maximum atomic E-state index is 11.6. The molecule has 0 saturated carbocycles. The van der Waals surface area contributed by atoms with E-state index < -0.39 is 6.09 Å². The van der Waals surface area contributed by atoms with Gasteiger partial charge in [-0.3, -0.25) is 0 Å². The Labute approximate surface area is 134 Å². The highest BCUT2D eigenvalue weighted by atomic mass is 35.5. The zero-order valence-corrected chi connectivity index (χ0v) is 13.1. The zero-order chi connectivity index (χ0) is 16.1. The summed E-state index contributed by atoms with van der Waals surface area (Å²) in [6.07, 6.45) is -0.627. The fraction of sp³-hybridized carbons (Fsp3) is 0.188. The Kier molecular flexibility index (Phi) is 5.25. The van der Waals surface area contributed by atoms with E-state index >= 15 is 0 Å². The lowest BCUT2D eigenvalue weighted by molar-refractivity contribution is 0.160. The van der Waals surface area contributed by atoms with Crippen molar-refractivity contribution in [3.8, 4) is 11.5 Å². The summed E-state index contributed by atoms with van der Waals surface area (Å²) in [6.45, 7) is 3.88. The number of nitrogens with zero attached hydrogens (tertiary/aromatic N) is 1. The molecule has 6 heteroatoms. The minimum Gasteiger partial charge on any atom is -0.457 e. The number of anilines is 1. The van der Waals surface area contributed by atoms with Crippen molar-refractivity contribution in [3.63, 3.8) is 0 Å². The predicted molar refractivity (Wildman–Crippen MR) is 86.4 cm³/mol. The van der Waals surface area contributed by atoms with Gasteiger partial charge in [0.1, 0.15) is 11.5 Å². The molecule has 0 aromatic heterocycles. The number of hydrogen-bond acceptors (Lipinski definition) is 4. The van der Waals surface area contributed by atoms with Crippen LogP contribution in [0, 0.1) is 6.92 Å². The molecule has 0 unspecified atom stereocenters. The summed E-state index contributed by atoms with van der Waals surface area (Å²) in [4.78, 5) is 11.6. The standard InChI is InChI=1S/C16H17ClN2O3/c1-3-21-16(20)19(18)12-5-4-6-13(9-12)22-14-8-7-11(2)15(17)10-14/h4-10H,3,18H2,1-2H3. The molecule has 2 N–H and O–H groups in total. The summed E-state index contributed by atoms with van der Waals surface area (Å²) in [7, 11) is 0. The van der Waals surface area contributed by atoms with Crippen LogP contribution >= 0.6 is 11.6 Å². The first-order valence-electron chi connectivity index (χ1n) is 6.77. The zero-order valence-electron chi connectivity index (χ0n) is 12.4. The third-order valence-corrected chi connectivity index (χ3v) is 3.35. The van der Waals surface area contributed by atoms with Crippen LogP contribution in [0.5, 0.6) is 11.5 Å². The normalized spacial score (nSPS) is 10.2. The fourth-order valence-corrected chi connectivity index (χ4v) is 1.94. The van der Waals surface area contributed by atoms with Gasteiger partial charge in [-0.1, -0.05) is 23.7 Å². The molecule has 0 aliphatic heterocycles. The van der Waals surface area contributed by atoms with Crippen molar-refractivity contribution in [3.05, 3.63) is 53.1 Å². The molecule has 0 radical (unpaired) electrons. The van der Waals surface area contributed by atoms with Crippen molar-refractivity contribution >= 4 is 23.4 Å². The van der Waals surface area contributed by atoms with E-state index in [2.05, 4.69) is 0 Å². The monoisotopic (exact) mass is 320 g/mol. The number of hydrazine groups is 1. The van der Waals surface area contributed by atoms with Gasteiger partial charge in [0.2, 0.25) is 0 Å². The second-order valence-electron chi connectivity index (χ2n) is 4.58. The highest BCUT2D eigenvalue weighted by molar-refractivity contribution is 6.31. The van der Waals surface area contributed by atoms with Crippen LogP contribution in [0.25, 0.3) is 0 Å². The van der Waals surface area contributed by atoms with Gasteiger partial charge in [0.05, 0.1) is 12.3 Å². The number of amides is 1. The topological polar surface area (TPSA) is 64.8 Å². The van der Waals surface area contributed by atoms with E-state index in [-0.39, 0.29) is 6.61 Å². The van der Waals surface area contributed by atoms with Crippen LogP contribution in [-0.2, 0) is 4.74 Å². The number of aryl methyl sites for hydroxylation is 1. The first-order chi connectivity index (χ1) is 10.5. The molecule has 0 spiro atoms. The van der Waals surface area contributed by atoms with E-state index in [0.29, 0.717) is 22.2 Å². The van der Waals surface area contributed by atoms with Gasteiger partial charge in [-0.15, -0.1) is 0 Å². The van der Waals surface area contributed by atoms with Crippen LogP contribution in [0.3, 0.4) is 0 Å². The Morgan fingerprint density at radius 2 is 1.95 bits per heavy atom. The lowest BCUT2D eigenvalue weighted by atomic mass is 10.2. The van der Waals surface area contributed by atoms with Crippen molar-refractivity contribution in [1.82, 2.24) is 0 Å². The predicted octanol–water partition coefficient (Wildman–Crippen LogP) is 4.28. The quantitative estimate of drug-likeness (QED) is 0.519. The molecule has 0 heterocycles. The molecule has 0 atom stereocenters. The highest BCUT2D eigenvalue weighted by Gasteiger charge is 2.13. The number of rotatable bonds is 4. The molecule has 2 aromatic rings. The van der Waals surface area contributed by atoms with Crippen LogP contribution in [0.2, 0.25) is 5.02 Å². The van der Waals surface area contributed by atoms with Crippen LogP contribution < -0.4 is 15.6 Å². The molecule has 2 rings (SSSR count). The Balaban J connectivity index is 2.17. The van der Waals surface area contributed by atoms with E-state index in [9.17, 15) is 4.79 Å². The molecule has 5 nitrogen and oxygen atoms in total. The fourth-order valence-electron chi connectivity index (χ4n) is 1.77. The summed E-state index contributed by atoms with van der Waals surface area (Å²) in [5, 5.41) is 1.55. The van der Waals surface area contributed by atoms with Crippen LogP contribution in [-0.4, -0.2) is 12.7 Å². The second-order valence-corrected chi connectivity index (χ2v) is 4.99. The summed E-state index contributed by atoms with van der Waals surface area (Å²) in [6, 6.07) is 12.2. The molecular formula is C16H17ClN2O3. The minimum atomic E-state index is -0.627. The molecule has 1 amide bonds. The lowest BCUT2D eigenvalue weighted by Crippen LogP contribution is -2.37. The SMILES string of the molecule is CCOC(=O)N(N)c1cccc(Oc2ccc(C)c(Cl)c2)c1. The van der Waals surface area contributed by atoms with Crippen LogP contribution in [0.4, 0.5) is 10.5 Å². The Bertz CT molecular complexity index is 676. The Morgan fingerprint density at radius 1 is 1.23 bits per heavy atom. The van der Waals surface area contributed by atoms with E-state index in [1.54, 1.807) is 37.3 Å². The van der Waals surface area contributed by atoms with Crippen molar-refractivity contribution in [2.24, 2.45) is 5.84 Å². The summed E-state index contributed by atoms with van der Waals surface area (Å²) in [5.74, 6) is 6.86. The Hall–Kier alpha value is -2.24. The van der Waals surface area contributed by atoms with E-state index in [1.807, 2.05) is 19.1 Å². The second kappa shape index (κ2) is 7.15. The van der Waals surface area contributed by atoms with Gasteiger partial charge in [-0.05, 0) is 43.7 Å². The van der Waals surface area contributed by atoms with E-state index in [0.717, 1.165) is 10.6 Å². The smallest absolute Gasteiger partial charge is 0.428 e. The maximum Gasteiger partial charge on any atom is 0.428 e. The third-order valence-electron chi connectivity index (χ3n) is 2.94. The molecule has 0 fully saturated rings. The minimum absolute atomic E-state index is 0.255. The number of halogens is 1. The lowest BCUT2D eigenvalue weighted by Gasteiger charge is -2.16. The first kappa shape index (κ1) is 16.1. The molecule has 22 heavy (non-hydrogen) atoms.